The number of hydrogen-bond acceptors (Lipinski definition) is 4. The average Bonchev–Trinajstić information content (AvgIpc) is 2.52. The van der Waals surface area contributed by atoms with Gasteiger partial charge in [-0.3, -0.25) is 0 Å². The third-order valence-electron chi connectivity index (χ3n) is 3.63. The number of nitrogens with one attached hydrogen (secondary N) is 1. The van der Waals surface area contributed by atoms with E-state index in [1.165, 1.54) is 7.11 Å². The van der Waals surface area contributed by atoms with Crippen molar-refractivity contribution in [3.05, 3.63) is 35.9 Å². The zero-order chi connectivity index (χ0) is 15.9. The van der Waals surface area contributed by atoms with E-state index < -0.39 is 6.09 Å². The van der Waals surface area contributed by atoms with Crippen molar-refractivity contribution in [3.63, 3.8) is 0 Å². The zero-order valence-electron chi connectivity index (χ0n) is 13.0. The number of benzene rings is 1. The summed E-state index contributed by atoms with van der Waals surface area (Å²) in [5, 5.41) is 2.82. The van der Waals surface area contributed by atoms with Gasteiger partial charge in [0, 0.05) is 13.1 Å². The van der Waals surface area contributed by atoms with E-state index in [0.717, 1.165) is 12.0 Å². The molecular weight excluding hydrogens is 284 g/mol. The Morgan fingerprint density at radius 3 is 2.68 bits per heavy atom. The molecule has 1 aliphatic heterocycles. The maximum absolute atomic E-state index is 11.9. The van der Waals surface area contributed by atoms with Crippen LogP contribution >= 0.6 is 0 Å². The molecule has 0 spiro atoms. The minimum absolute atomic E-state index is 0.119. The molecule has 120 valence electrons. The minimum atomic E-state index is -0.465. The lowest BCUT2D eigenvalue weighted by atomic mass is 9.96. The van der Waals surface area contributed by atoms with Crippen molar-refractivity contribution >= 4 is 12.2 Å². The fourth-order valence-corrected chi connectivity index (χ4v) is 2.67. The first kappa shape index (κ1) is 16.1. The molecule has 6 nitrogen and oxygen atoms in total. The Hall–Kier alpha value is -2.24. The maximum atomic E-state index is 11.9. The number of nitrogens with zero attached hydrogens (tertiary/aromatic N) is 1. The van der Waals surface area contributed by atoms with Crippen molar-refractivity contribution < 1.29 is 19.1 Å². The molecule has 0 aliphatic carbocycles. The fraction of sp³-hybridized carbons (Fsp3) is 0.500. The number of ether oxygens (including phenoxy) is 2. The lowest BCUT2D eigenvalue weighted by molar-refractivity contribution is 0.0879. The van der Waals surface area contributed by atoms with E-state index in [1.54, 1.807) is 4.90 Å². The molecule has 1 heterocycles. The van der Waals surface area contributed by atoms with Crippen LogP contribution in [-0.2, 0) is 16.1 Å². The molecule has 1 N–H and O–H groups in total. The maximum Gasteiger partial charge on any atom is 0.409 e. The number of methoxy groups -OCH3 is 1. The first-order valence-electron chi connectivity index (χ1n) is 7.38. The Labute approximate surface area is 130 Å². The summed E-state index contributed by atoms with van der Waals surface area (Å²) in [5.74, 6) is 0.298. The molecule has 2 amide bonds. The Morgan fingerprint density at radius 1 is 1.27 bits per heavy atom. The van der Waals surface area contributed by atoms with Crippen molar-refractivity contribution in [2.45, 2.75) is 26.0 Å². The van der Waals surface area contributed by atoms with Crippen LogP contribution in [0.25, 0.3) is 0 Å². The molecule has 6 heteroatoms. The van der Waals surface area contributed by atoms with Crippen LogP contribution in [-0.4, -0.2) is 43.3 Å². The number of carbonyl (C=O) groups is 2. The van der Waals surface area contributed by atoms with Gasteiger partial charge in [-0.05, 0) is 17.9 Å². The van der Waals surface area contributed by atoms with Crippen molar-refractivity contribution in [1.29, 1.82) is 0 Å². The number of alkyl carbamates (subject to hydrolysis) is 1. The van der Waals surface area contributed by atoms with Crippen LogP contribution < -0.4 is 5.32 Å². The van der Waals surface area contributed by atoms with Crippen LogP contribution in [0.4, 0.5) is 9.59 Å². The van der Waals surface area contributed by atoms with Gasteiger partial charge in [-0.15, -0.1) is 0 Å². The number of likely N-dealkylation sites (tertiary alicyclic amines) is 1. The van der Waals surface area contributed by atoms with Gasteiger partial charge in [-0.1, -0.05) is 37.3 Å². The lowest BCUT2D eigenvalue weighted by Crippen LogP contribution is -2.52. The van der Waals surface area contributed by atoms with Gasteiger partial charge in [0.05, 0.1) is 13.2 Å². The predicted octanol–water partition coefficient (Wildman–Crippen LogP) is 2.39. The van der Waals surface area contributed by atoms with E-state index >= 15 is 0 Å². The van der Waals surface area contributed by atoms with Crippen LogP contribution in [0.1, 0.15) is 18.9 Å². The second-order valence-electron chi connectivity index (χ2n) is 5.62. The van der Waals surface area contributed by atoms with Crippen LogP contribution in [0, 0.1) is 5.92 Å². The molecular formula is C16H22N2O4. The topological polar surface area (TPSA) is 67.9 Å². The smallest absolute Gasteiger partial charge is 0.409 e. The monoisotopic (exact) mass is 306 g/mol. The summed E-state index contributed by atoms with van der Waals surface area (Å²) < 4.78 is 9.94. The molecule has 0 bridgehead atoms. The molecule has 22 heavy (non-hydrogen) atoms. The molecule has 1 fully saturated rings. The largest absolute Gasteiger partial charge is 0.453 e. The highest BCUT2D eigenvalue weighted by Crippen LogP contribution is 2.17. The Balaban J connectivity index is 1.81. The second-order valence-corrected chi connectivity index (χ2v) is 5.62. The van der Waals surface area contributed by atoms with Crippen LogP contribution in [0.3, 0.4) is 0 Å². The summed E-state index contributed by atoms with van der Waals surface area (Å²) in [6.07, 6.45) is -0.0164. The Kier molecular flexibility index (Phi) is 5.63. The SMILES string of the molecule is COC(=O)N1CC(C)CC(NC(=O)OCc2ccccc2)C1. The van der Waals surface area contributed by atoms with Gasteiger partial charge in [-0.2, -0.15) is 0 Å². The molecule has 1 aliphatic rings. The molecule has 2 unspecified atom stereocenters. The Morgan fingerprint density at radius 2 is 2.00 bits per heavy atom. The number of amides is 2. The van der Waals surface area contributed by atoms with Crippen LogP contribution in [0.15, 0.2) is 30.3 Å². The van der Waals surface area contributed by atoms with Gasteiger partial charge >= 0.3 is 12.2 Å². The summed E-state index contributed by atoms with van der Waals surface area (Å²) in [4.78, 5) is 25.1. The van der Waals surface area contributed by atoms with Gasteiger partial charge in [0.2, 0.25) is 0 Å². The van der Waals surface area contributed by atoms with Crippen molar-refractivity contribution in [2.75, 3.05) is 20.2 Å². The van der Waals surface area contributed by atoms with Crippen molar-refractivity contribution in [3.8, 4) is 0 Å². The molecule has 2 rings (SSSR count). The summed E-state index contributed by atoms with van der Waals surface area (Å²) >= 11 is 0. The van der Waals surface area contributed by atoms with Gasteiger partial charge < -0.3 is 19.7 Å². The van der Waals surface area contributed by atoms with Gasteiger partial charge in [0.25, 0.3) is 0 Å². The average molecular weight is 306 g/mol. The number of hydrogen-bond donors (Lipinski definition) is 1. The van der Waals surface area contributed by atoms with E-state index in [1.807, 2.05) is 37.3 Å². The number of carbonyl (C=O) groups excluding carboxylic acids is 2. The third kappa shape index (κ3) is 4.65. The van der Waals surface area contributed by atoms with Crippen LogP contribution in [0.5, 0.6) is 0 Å². The quantitative estimate of drug-likeness (QED) is 0.931. The van der Waals surface area contributed by atoms with E-state index in [9.17, 15) is 9.59 Å². The van der Waals surface area contributed by atoms with Gasteiger partial charge in [0.15, 0.2) is 0 Å². The molecule has 0 aromatic heterocycles. The lowest BCUT2D eigenvalue weighted by Gasteiger charge is -2.35. The third-order valence-corrected chi connectivity index (χ3v) is 3.63. The highest BCUT2D eigenvalue weighted by molar-refractivity contribution is 5.69. The van der Waals surface area contributed by atoms with E-state index in [2.05, 4.69) is 5.32 Å². The van der Waals surface area contributed by atoms with Crippen molar-refractivity contribution in [2.24, 2.45) is 5.92 Å². The summed E-state index contributed by atoms with van der Waals surface area (Å²) in [6.45, 7) is 3.36. The van der Waals surface area contributed by atoms with Gasteiger partial charge in [0.1, 0.15) is 6.61 Å². The van der Waals surface area contributed by atoms with E-state index in [0.29, 0.717) is 19.0 Å². The molecule has 1 aromatic rings. The first-order chi connectivity index (χ1) is 10.6. The van der Waals surface area contributed by atoms with E-state index in [-0.39, 0.29) is 18.7 Å². The molecule has 0 radical (unpaired) electrons. The highest BCUT2D eigenvalue weighted by atomic mass is 16.5. The first-order valence-corrected chi connectivity index (χ1v) is 7.38. The molecule has 0 saturated carbocycles. The second kappa shape index (κ2) is 7.68. The molecule has 1 aromatic carbocycles. The molecule has 2 atom stereocenters. The Bertz CT molecular complexity index is 506. The predicted molar refractivity (Wildman–Crippen MR) is 81.3 cm³/mol. The molecule has 1 saturated heterocycles. The minimum Gasteiger partial charge on any atom is -0.453 e. The van der Waals surface area contributed by atoms with Gasteiger partial charge in [-0.25, -0.2) is 9.59 Å². The zero-order valence-corrected chi connectivity index (χ0v) is 13.0. The van der Waals surface area contributed by atoms with Crippen molar-refractivity contribution in [1.82, 2.24) is 10.2 Å². The summed E-state index contributed by atoms with van der Waals surface area (Å²) in [7, 11) is 1.36. The fourth-order valence-electron chi connectivity index (χ4n) is 2.67. The number of rotatable bonds is 3. The van der Waals surface area contributed by atoms with E-state index in [4.69, 9.17) is 9.47 Å². The normalized spacial score (nSPS) is 21.1. The van der Waals surface area contributed by atoms with Crippen LogP contribution in [0.2, 0.25) is 0 Å². The highest BCUT2D eigenvalue weighted by Gasteiger charge is 2.29. The number of piperidine rings is 1. The summed E-state index contributed by atoms with van der Waals surface area (Å²) in [5.41, 5.74) is 0.936. The standard InChI is InChI=1S/C16H22N2O4/c1-12-8-14(10-18(9-12)16(20)21-2)17-15(19)22-11-13-6-4-3-5-7-13/h3-7,12,14H,8-11H2,1-2H3,(H,17,19). The summed E-state index contributed by atoms with van der Waals surface area (Å²) in [6, 6.07) is 9.38.